The third-order valence-corrected chi connectivity index (χ3v) is 3.87. The van der Waals surface area contributed by atoms with Crippen molar-refractivity contribution in [2.75, 3.05) is 26.2 Å². The summed E-state index contributed by atoms with van der Waals surface area (Å²) in [5.41, 5.74) is 8.44. The Labute approximate surface area is 116 Å². The van der Waals surface area contributed by atoms with Crippen molar-refractivity contribution in [2.24, 2.45) is 5.73 Å². The molecule has 2 N–H and O–H groups in total. The van der Waals surface area contributed by atoms with E-state index in [-0.39, 0.29) is 6.10 Å². The smallest absolute Gasteiger partial charge is 0.0954 e. The summed E-state index contributed by atoms with van der Waals surface area (Å²) in [4.78, 5) is 2.47. The summed E-state index contributed by atoms with van der Waals surface area (Å²) in [6, 6.07) is 9.20. The third-order valence-electron chi connectivity index (χ3n) is 3.87. The predicted octanol–water partition coefficient (Wildman–Crippen LogP) is 2.36. The Bertz CT molecular complexity index is 392. The second-order valence-corrected chi connectivity index (χ2v) is 5.54. The molecule has 1 heterocycles. The van der Waals surface area contributed by atoms with Gasteiger partial charge in [0.15, 0.2) is 0 Å². The molecular formula is C16H26N2O. The molecule has 1 atom stereocenters. The number of hydrogen-bond donors (Lipinski definition) is 1. The van der Waals surface area contributed by atoms with Crippen LogP contribution in [0.25, 0.3) is 0 Å². The van der Waals surface area contributed by atoms with E-state index in [2.05, 4.69) is 43.0 Å². The van der Waals surface area contributed by atoms with E-state index in [9.17, 15) is 0 Å². The molecule has 0 amide bonds. The first-order chi connectivity index (χ1) is 9.22. The van der Waals surface area contributed by atoms with E-state index in [1.54, 1.807) is 0 Å². The summed E-state index contributed by atoms with van der Waals surface area (Å²) in [7, 11) is 0. The summed E-state index contributed by atoms with van der Waals surface area (Å²) in [6.07, 6.45) is 2.30. The van der Waals surface area contributed by atoms with Crippen LogP contribution in [0, 0.1) is 0 Å². The Balaban J connectivity index is 2.05. The Kier molecular flexibility index (Phi) is 5.37. The molecule has 19 heavy (non-hydrogen) atoms. The van der Waals surface area contributed by atoms with E-state index < -0.39 is 0 Å². The van der Waals surface area contributed by atoms with Gasteiger partial charge >= 0.3 is 0 Å². The summed E-state index contributed by atoms with van der Waals surface area (Å²) in [5, 5.41) is 0. The molecule has 1 aliphatic rings. The first-order valence-electron chi connectivity index (χ1n) is 7.36. The lowest BCUT2D eigenvalue weighted by Crippen LogP contribution is -2.38. The number of ether oxygens (including phenoxy) is 1. The maximum Gasteiger partial charge on any atom is 0.0954 e. The fourth-order valence-electron chi connectivity index (χ4n) is 2.70. The maximum atomic E-state index is 5.99. The Morgan fingerprint density at radius 3 is 2.89 bits per heavy atom. The number of fused-ring (bicyclic) bond motifs is 1. The molecule has 3 nitrogen and oxygen atoms in total. The van der Waals surface area contributed by atoms with Crippen molar-refractivity contribution in [1.82, 2.24) is 4.90 Å². The Morgan fingerprint density at radius 1 is 1.37 bits per heavy atom. The molecule has 0 spiro atoms. The van der Waals surface area contributed by atoms with Crippen molar-refractivity contribution in [1.29, 1.82) is 0 Å². The Morgan fingerprint density at radius 2 is 2.16 bits per heavy atom. The zero-order chi connectivity index (χ0) is 13.7. The van der Waals surface area contributed by atoms with E-state index in [1.807, 2.05) is 0 Å². The van der Waals surface area contributed by atoms with Gasteiger partial charge in [0.05, 0.1) is 12.7 Å². The molecule has 0 aliphatic carbocycles. The summed E-state index contributed by atoms with van der Waals surface area (Å²) in [5.74, 6) is 0. The lowest BCUT2D eigenvalue weighted by Gasteiger charge is -2.33. The van der Waals surface area contributed by atoms with E-state index in [4.69, 9.17) is 10.5 Å². The SMILES string of the molecule is CC(C)N(CCCN)CC1OCCc2ccccc21. The summed E-state index contributed by atoms with van der Waals surface area (Å²) >= 11 is 0. The molecule has 1 unspecified atom stereocenters. The zero-order valence-corrected chi connectivity index (χ0v) is 12.1. The van der Waals surface area contributed by atoms with Gasteiger partial charge in [0.25, 0.3) is 0 Å². The lowest BCUT2D eigenvalue weighted by atomic mass is 9.97. The van der Waals surface area contributed by atoms with E-state index in [1.165, 1.54) is 11.1 Å². The highest BCUT2D eigenvalue weighted by Gasteiger charge is 2.23. The fraction of sp³-hybridized carbons (Fsp3) is 0.625. The van der Waals surface area contributed by atoms with Crippen LogP contribution in [-0.4, -0.2) is 37.2 Å². The highest BCUT2D eigenvalue weighted by Crippen LogP contribution is 2.28. The lowest BCUT2D eigenvalue weighted by molar-refractivity contribution is 0.00903. The normalized spacial score (nSPS) is 18.9. The molecule has 3 heteroatoms. The van der Waals surface area contributed by atoms with Gasteiger partial charge in [-0.25, -0.2) is 0 Å². The molecule has 2 rings (SSSR count). The predicted molar refractivity (Wildman–Crippen MR) is 79.2 cm³/mol. The standard InChI is InChI=1S/C16H26N2O/c1-13(2)18(10-5-9-17)12-16-15-7-4-3-6-14(15)8-11-19-16/h3-4,6-7,13,16H,5,8-12,17H2,1-2H3. The van der Waals surface area contributed by atoms with Gasteiger partial charge in [0.1, 0.15) is 0 Å². The molecule has 0 radical (unpaired) electrons. The molecular weight excluding hydrogens is 236 g/mol. The fourth-order valence-corrected chi connectivity index (χ4v) is 2.70. The van der Waals surface area contributed by atoms with Gasteiger partial charge in [0, 0.05) is 12.6 Å². The molecule has 0 fully saturated rings. The molecule has 106 valence electrons. The molecule has 1 aromatic carbocycles. The van der Waals surface area contributed by atoms with Crippen LogP contribution in [-0.2, 0) is 11.2 Å². The molecule has 0 saturated carbocycles. The van der Waals surface area contributed by atoms with E-state index >= 15 is 0 Å². The monoisotopic (exact) mass is 262 g/mol. The first kappa shape index (κ1) is 14.5. The average Bonchev–Trinajstić information content (AvgIpc) is 2.43. The van der Waals surface area contributed by atoms with Crippen molar-refractivity contribution in [3.05, 3.63) is 35.4 Å². The van der Waals surface area contributed by atoms with Crippen LogP contribution in [0.1, 0.15) is 37.5 Å². The van der Waals surface area contributed by atoms with Crippen LogP contribution in [0.4, 0.5) is 0 Å². The quantitative estimate of drug-likeness (QED) is 0.855. The molecule has 1 aromatic rings. The molecule has 0 aromatic heterocycles. The highest BCUT2D eigenvalue weighted by atomic mass is 16.5. The van der Waals surface area contributed by atoms with Gasteiger partial charge < -0.3 is 10.5 Å². The van der Waals surface area contributed by atoms with Crippen LogP contribution in [0.2, 0.25) is 0 Å². The van der Waals surface area contributed by atoms with Gasteiger partial charge in [-0.05, 0) is 50.9 Å². The number of nitrogens with zero attached hydrogens (tertiary/aromatic N) is 1. The highest BCUT2D eigenvalue weighted by molar-refractivity contribution is 5.31. The van der Waals surface area contributed by atoms with Crippen molar-refractivity contribution < 1.29 is 4.74 Å². The maximum absolute atomic E-state index is 5.99. The topological polar surface area (TPSA) is 38.5 Å². The van der Waals surface area contributed by atoms with Crippen LogP contribution in [0.3, 0.4) is 0 Å². The summed E-state index contributed by atoms with van der Waals surface area (Å²) in [6.45, 7) is 8.09. The minimum absolute atomic E-state index is 0.213. The number of rotatable bonds is 6. The van der Waals surface area contributed by atoms with Crippen molar-refractivity contribution >= 4 is 0 Å². The molecule has 0 saturated heterocycles. The summed E-state index contributed by atoms with van der Waals surface area (Å²) < 4.78 is 5.99. The van der Waals surface area contributed by atoms with E-state index in [0.717, 1.165) is 39.1 Å². The van der Waals surface area contributed by atoms with Gasteiger partial charge in [-0.1, -0.05) is 24.3 Å². The van der Waals surface area contributed by atoms with E-state index in [0.29, 0.717) is 6.04 Å². The zero-order valence-electron chi connectivity index (χ0n) is 12.1. The van der Waals surface area contributed by atoms with Crippen molar-refractivity contribution in [3.8, 4) is 0 Å². The second kappa shape index (κ2) is 7.04. The molecule has 0 bridgehead atoms. The Hall–Kier alpha value is -0.900. The van der Waals surface area contributed by atoms with Crippen LogP contribution < -0.4 is 5.73 Å². The third kappa shape index (κ3) is 3.78. The van der Waals surface area contributed by atoms with Crippen LogP contribution in [0.15, 0.2) is 24.3 Å². The second-order valence-electron chi connectivity index (χ2n) is 5.54. The van der Waals surface area contributed by atoms with Crippen molar-refractivity contribution in [2.45, 2.75) is 38.8 Å². The number of nitrogens with two attached hydrogens (primary N) is 1. The van der Waals surface area contributed by atoms with Crippen LogP contribution in [0.5, 0.6) is 0 Å². The minimum Gasteiger partial charge on any atom is -0.372 e. The van der Waals surface area contributed by atoms with Gasteiger partial charge in [-0.15, -0.1) is 0 Å². The molecule has 1 aliphatic heterocycles. The van der Waals surface area contributed by atoms with Crippen molar-refractivity contribution in [3.63, 3.8) is 0 Å². The number of benzene rings is 1. The largest absolute Gasteiger partial charge is 0.372 e. The minimum atomic E-state index is 0.213. The van der Waals surface area contributed by atoms with Gasteiger partial charge in [0.2, 0.25) is 0 Å². The van der Waals surface area contributed by atoms with Gasteiger partial charge in [-0.2, -0.15) is 0 Å². The van der Waals surface area contributed by atoms with Gasteiger partial charge in [-0.3, -0.25) is 4.90 Å². The number of hydrogen-bond acceptors (Lipinski definition) is 3. The van der Waals surface area contributed by atoms with Crippen LogP contribution >= 0.6 is 0 Å². The first-order valence-corrected chi connectivity index (χ1v) is 7.36. The average molecular weight is 262 g/mol.